The van der Waals surface area contributed by atoms with Crippen molar-refractivity contribution in [2.45, 2.75) is 25.2 Å². The van der Waals surface area contributed by atoms with E-state index in [1.54, 1.807) is 6.20 Å². The van der Waals surface area contributed by atoms with Crippen molar-refractivity contribution in [3.8, 4) is 0 Å². The fourth-order valence-corrected chi connectivity index (χ4v) is 2.22. The lowest BCUT2D eigenvalue weighted by atomic mass is 9.85. The Kier molecular flexibility index (Phi) is 1.84. The Morgan fingerprint density at radius 1 is 1.67 bits per heavy atom. The van der Waals surface area contributed by atoms with E-state index in [2.05, 4.69) is 4.98 Å². The van der Waals surface area contributed by atoms with Gasteiger partial charge >= 0.3 is 0 Å². The zero-order chi connectivity index (χ0) is 8.55. The third-order valence-electron chi connectivity index (χ3n) is 2.24. The quantitative estimate of drug-likeness (QED) is 0.753. The molecular weight excluding hydrogens is 172 g/mol. The third kappa shape index (κ3) is 1.22. The van der Waals surface area contributed by atoms with Gasteiger partial charge < -0.3 is 5.73 Å². The van der Waals surface area contributed by atoms with Crippen molar-refractivity contribution in [1.29, 1.82) is 0 Å². The fourth-order valence-electron chi connectivity index (χ4n) is 1.28. The molecule has 0 aromatic carbocycles. The van der Waals surface area contributed by atoms with Gasteiger partial charge in [0.25, 0.3) is 5.91 Å². The summed E-state index contributed by atoms with van der Waals surface area (Å²) in [5.41, 5.74) is 5.10. The topological polar surface area (TPSA) is 56.0 Å². The van der Waals surface area contributed by atoms with E-state index in [-0.39, 0.29) is 0 Å². The number of nitrogens with zero attached hydrogens (tertiary/aromatic N) is 1. The van der Waals surface area contributed by atoms with Crippen LogP contribution >= 0.6 is 11.3 Å². The predicted molar refractivity (Wildman–Crippen MR) is 47.2 cm³/mol. The van der Waals surface area contributed by atoms with Crippen LogP contribution in [-0.4, -0.2) is 10.9 Å². The first-order valence-corrected chi connectivity index (χ1v) is 4.84. The lowest BCUT2D eigenvalue weighted by molar-refractivity contribution is 0.1000. The standard InChI is InChI=1S/C8H10N2OS/c9-7(11)8-10-4-6(12-8)5-2-1-3-5/h4-5H,1-3H2,(H2,9,11). The maximum Gasteiger partial charge on any atom is 0.277 e. The highest BCUT2D eigenvalue weighted by molar-refractivity contribution is 7.13. The molecule has 2 N–H and O–H groups in total. The third-order valence-corrected chi connectivity index (χ3v) is 3.42. The summed E-state index contributed by atoms with van der Waals surface area (Å²) < 4.78 is 0. The average Bonchev–Trinajstić information content (AvgIpc) is 2.32. The number of hydrogen-bond donors (Lipinski definition) is 1. The molecule has 0 radical (unpaired) electrons. The van der Waals surface area contributed by atoms with Crippen LogP contribution in [0.5, 0.6) is 0 Å². The number of amides is 1. The van der Waals surface area contributed by atoms with Gasteiger partial charge in [0.05, 0.1) is 0 Å². The molecule has 0 spiro atoms. The molecule has 4 heteroatoms. The van der Waals surface area contributed by atoms with Gasteiger partial charge in [-0.15, -0.1) is 11.3 Å². The Balaban J connectivity index is 2.17. The summed E-state index contributed by atoms with van der Waals surface area (Å²) in [6.07, 6.45) is 5.56. The number of nitrogens with two attached hydrogens (primary N) is 1. The molecule has 1 aromatic rings. The molecular formula is C8H10N2OS. The van der Waals surface area contributed by atoms with Crippen LogP contribution in [0.4, 0.5) is 0 Å². The molecule has 1 fully saturated rings. The van der Waals surface area contributed by atoms with E-state index in [9.17, 15) is 4.79 Å². The summed E-state index contributed by atoms with van der Waals surface area (Å²) in [5.74, 6) is 0.237. The van der Waals surface area contributed by atoms with E-state index in [0.717, 1.165) is 0 Å². The Labute approximate surface area is 74.6 Å². The van der Waals surface area contributed by atoms with E-state index >= 15 is 0 Å². The van der Waals surface area contributed by atoms with Gasteiger partial charge in [0.1, 0.15) is 0 Å². The summed E-state index contributed by atoms with van der Waals surface area (Å²) in [6, 6.07) is 0. The molecule has 64 valence electrons. The predicted octanol–water partition coefficient (Wildman–Crippen LogP) is 1.51. The molecule has 1 heterocycles. The molecule has 12 heavy (non-hydrogen) atoms. The van der Waals surface area contributed by atoms with Crippen LogP contribution in [0.3, 0.4) is 0 Å². The van der Waals surface area contributed by atoms with Crippen molar-refractivity contribution < 1.29 is 4.79 Å². The first-order chi connectivity index (χ1) is 5.77. The molecule has 0 unspecified atom stereocenters. The number of hydrogen-bond acceptors (Lipinski definition) is 3. The molecule has 2 rings (SSSR count). The maximum atomic E-state index is 10.7. The van der Waals surface area contributed by atoms with Crippen molar-refractivity contribution >= 4 is 17.2 Å². The Morgan fingerprint density at radius 2 is 2.42 bits per heavy atom. The van der Waals surface area contributed by atoms with Crippen LogP contribution < -0.4 is 5.73 Å². The molecule has 1 aromatic heterocycles. The van der Waals surface area contributed by atoms with E-state index in [1.165, 1.54) is 35.5 Å². The molecule has 1 amide bonds. The largest absolute Gasteiger partial charge is 0.364 e. The number of rotatable bonds is 2. The normalized spacial score (nSPS) is 17.3. The van der Waals surface area contributed by atoms with Crippen LogP contribution in [0.2, 0.25) is 0 Å². The SMILES string of the molecule is NC(=O)c1ncc(C2CCC2)s1. The highest BCUT2D eigenvalue weighted by atomic mass is 32.1. The molecule has 1 saturated carbocycles. The first kappa shape index (κ1) is 7.73. The fraction of sp³-hybridized carbons (Fsp3) is 0.500. The number of carbonyl (C=O) groups is 1. The van der Waals surface area contributed by atoms with Crippen molar-refractivity contribution in [3.05, 3.63) is 16.1 Å². The summed E-state index contributed by atoms with van der Waals surface area (Å²) in [7, 11) is 0. The molecule has 1 aliphatic carbocycles. The van der Waals surface area contributed by atoms with E-state index < -0.39 is 5.91 Å². The minimum Gasteiger partial charge on any atom is -0.364 e. The highest BCUT2D eigenvalue weighted by Crippen LogP contribution is 2.38. The molecule has 0 saturated heterocycles. The molecule has 0 atom stereocenters. The molecule has 0 bridgehead atoms. The monoisotopic (exact) mass is 182 g/mol. The maximum absolute atomic E-state index is 10.7. The van der Waals surface area contributed by atoms with E-state index in [4.69, 9.17) is 5.73 Å². The lowest BCUT2D eigenvalue weighted by Crippen LogP contribution is -2.09. The number of thiazole rings is 1. The van der Waals surface area contributed by atoms with Gasteiger partial charge in [-0.2, -0.15) is 0 Å². The minimum absolute atomic E-state index is 0.412. The average molecular weight is 182 g/mol. The molecule has 3 nitrogen and oxygen atoms in total. The van der Waals surface area contributed by atoms with Crippen molar-refractivity contribution in [2.75, 3.05) is 0 Å². The zero-order valence-electron chi connectivity index (χ0n) is 6.62. The van der Waals surface area contributed by atoms with Crippen LogP contribution in [-0.2, 0) is 0 Å². The second kappa shape index (κ2) is 2.86. The van der Waals surface area contributed by atoms with Crippen LogP contribution in [0.25, 0.3) is 0 Å². The number of aromatic nitrogens is 1. The minimum atomic E-state index is -0.412. The number of carbonyl (C=O) groups excluding carboxylic acids is 1. The second-order valence-electron chi connectivity index (χ2n) is 3.06. The van der Waals surface area contributed by atoms with Crippen molar-refractivity contribution in [3.63, 3.8) is 0 Å². The Morgan fingerprint density at radius 3 is 2.83 bits per heavy atom. The van der Waals surface area contributed by atoms with Crippen LogP contribution in [0.15, 0.2) is 6.20 Å². The van der Waals surface area contributed by atoms with E-state index in [1.807, 2.05) is 0 Å². The lowest BCUT2D eigenvalue weighted by Gasteiger charge is -2.23. The van der Waals surface area contributed by atoms with Crippen molar-refractivity contribution in [1.82, 2.24) is 4.98 Å². The van der Waals surface area contributed by atoms with Crippen molar-refractivity contribution in [2.24, 2.45) is 5.73 Å². The van der Waals surface area contributed by atoms with Crippen LogP contribution in [0.1, 0.15) is 39.9 Å². The van der Waals surface area contributed by atoms with Crippen LogP contribution in [0, 0.1) is 0 Å². The summed E-state index contributed by atoms with van der Waals surface area (Å²) in [4.78, 5) is 15.9. The zero-order valence-corrected chi connectivity index (χ0v) is 7.43. The van der Waals surface area contributed by atoms with Gasteiger partial charge in [0.2, 0.25) is 0 Å². The van der Waals surface area contributed by atoms with Gasteiger partial charge in [-0.05, 0) is 18.8 Å². The summed E-state index contributed by atoms with van der Waals surface area (Å²) in [6.45, 7) is 0. The number of primary amides is 1. The van der Waals surface area contributed by atoms with Gasteiger partial charge in [0.15, 0.2) is 5.01 Å². The van der Waals surface area contributed by atoms with E-state index in [0.29, 0.717) is 10.9 Å². The molecule has 0 aliphatic heterocycles. The van der Waals surface area contributed by atoms with Gasteiger partial charge in [-0.1, -0.05) is 6.42 Å². The smallest absolute Gasteiger partial charge is 0.277 e. The highest BCUT2D eigenvalue weighted by Gasteiger charge is 2.22. The van der Waals surface area contributed by atoms with Gasteiger partial charge in [0, 0.05) is 11.1 Å². The van der Waals surface area contributed by atoms with Gasteiger partial charge in [-0.25, -0.2) is 4.98 Å². The molecule has 1 aliphatic rings. The summed E-state index contributed by atoms with van der Waals surface area (Å²) in [5, 5.41) is 0.442. The first-order valence-electron chi connectivity index (χ1n) is 4.03. The second-order valence-corrected chi connectivity index (χ2v) is 4.12. The summed E-state index contributed by atoms with van der Waals surface area (Å²) >= 11 is 1.44. The Bertz CT molecular complexity index is 304. The van der Waals surface area contributed by atoms with Gasteiger partial charge in [-0.3, -0.25) is 4.79 Å². The Hall–Kier alpha value is -0.900.